The van der Waals surface area contributed by atoms with E-state index < -0.39 is 17.8 Å². The van der Waals surface area contributed by atoms with Gasteiger partial charge in [-0.3, -0.25) is 14.5 Å². The van der Waals surface area contributed by atoms with Crippen molar-refractivity contribution in [1.82, 2.24) is 9.80 Å². The molecule has 2 fully saturated rings. The SMILES string of the molecule is CC(=O)N1CCN(C(C)C(=O)Nc2cc(C(F)(F)F)ccc2N2CCOCC2)CC1. The molecule has 3 rings (SSSR count). The van der Waals surface area contributed by atoms with Gasteiger partial charge in [-0.15, -0.1) is 0 Å². The van der Waals surface area contributed by atoms with Gasteiger partial charge >= 0.3 is 6.18 Å². The molecule has 0 bridgehead atoms. The molecule has 2 saturated heterocycles. The number of ether oxygens (including phenoxy) is 1. The van der Waals surface area contributed by atoms with E-state index in [0.29, 0.717) is 58.2 Å². The van der Waals surface area contributed by atoms with Crippen LogP contribution < -0.4 is 10.2 Å². The lowest BCUT2D eigenvalue weighted by Crippen LogP contribution is -2.53. The number of nitrogens with one attached hydrogen (secondary N) is 1. The third-order valence-corrected chi connectivity index (χ3v) is 5.62. The first-order chi connectivity index (χ1) is 14.2. The zero-order chi connectivity index (χ0) is 21.9. The maximum atomic E-state index is 13.2. The van der Waals surface area contributed by atoms with Crippen molar-refractivity contribution in [2.45, 2.75) is 26.1 Å². The number of hydrogen-bond acceptors (Lipinski definition) is 5. The van der Waals surface area contributed by atoms with E-state index in [0.717, 1.165) is 12.1 Å². The molecule has 7 nitrogen and oxygen atoms in total. The molecule has 2 heterocycles. The van der Waals surface area contributed by atoms with Gasteiger partial charge in [0.2, 0.25) is 11.8 Å². The second-order valence-electron chi connectivity index (χ2n) is 7.54. The Hall–Kier alpha value is -2.33. The smallest absolute Gasteiger partial charge is 0.378 e. The number of amides is 2. The fourth-order valence-corrected chi connectivity index (χ4v) is 3.72. The number of carbonyl (C=O) groups excluding carboxylic acids is 2. The Bertz CT molecular complexity index is 773. The lowest BCUT2D eigenvalue weighted by atomic mass is 10.1. The molecule has 30 heavy (non-hydrogen) atoms. The van der Waals surface area contributed by atoms with E-state index in [9.17, 15) is 22.8 Å². The molecule has 1 unspecified atom stereocenters. The summed E-state index contributed by atoms with van der Waals surface area (Å²) in [5.41, 5.74) is -0.114. The summed E-state index contributed by atoms with van der Waals surface area (Å²) in [5, 5.41) is 2.71. The van der Waals surface area contributed by atoms with Crippen LogP contribution in [0.25, 0.3) is 0 Å². The Morgan fingerprint density at radius 1 is 1.07 bits per heavy atom. The number of halogens is 3. The minimum Gasteiger partial charge on any atom is -0.378 e. The van der Waals surface area contributed by atoms with Crippen molar-refractivity contribution in [2.24, 2.45) is 0 Å². The molecule has 0 aliphatic carbocycles. The third kappa shape index (κ3) is 5.23. The summed E-state index contributed by atoms with van der Waals surface area (Å²) in [5.74, 6) is -0.383. The summed E-state index contributed by atoms with van der Waals surface area (Å²) < 4.78 is 45.1. The largest absolute Gasteiger partial charge is 0.416 e. The highest BCUT2D eigenvalue weighted by atomic mass is 19.4. The molecule has 0 saturated carbocycles. The van der Waals surface area contributed by atoms with Gasteiger partial charge in [0.25, 0.3) is 0 Å². The minimum absolute atomic E-state index is 0.00845. The number of anilines is 2. The Balaban J connectivity index is 1.76. The first-order valence-electron chi connectivity index (χ1n) is 10.0. The number of alkyl halides is 3. The number of piperazine rings is 1. The number of hydrogen-bond donors (Lipinski definition) is 1. The van der Waals surface area contributed by atoms with Crippen LogP contribution in [0.4, 0.5) is 24.5 Å². The fourth-order valence-electron chi connectivity index (χ4n) is 3.72. The van der Waals surface area contributed by atoms with E-state index in [1.807, 2.05) is 9.80 Å². The zero-order valence-electron chi connectivity index (χ0n) is 17.2. The van der Waals surface area contributed by atoms with Crippen molar-refractivity contribution in [2.75, 3.05) is 62.7 Å². The van der Waals surface area contributed by atoms with Gasteiger partial charge < -0.3 is 19.9 Å². The van der Waals surface area contributed by atoms with Crippen molar-refractivity contribution < 1.29 is 27.5 Å². The normalized spacial score (nSPS) is 19.5. The van der Waals surface area contributed by atoms with Crippen LogP contribution in [-0.4, -0.2) is 80.1 Å². The lowest BCUT2D eigenvalue weighted by Gasteiger charge is -2.37. The third-order valence-electron chi connectivity index (χ3n) is 5.62. The lowest BCUT2D eigenvalue weighted by molar-refractivity contribution is -0.137. The van der Waals surface area contributed by atoms with E-state index in [-0.39, 0.29) is 17.5 Å². The van der Waals surface area contributed by atoms with Crippen molar-refractivity contribution in [1.29, 1.82) is 0 Å². The predicted molar refractivity (Wildman–Crippen MR) is 106 cm³/mol. The van der Waals surface area contributed by atoms with Gasteiger partial charge in [0.15, 0.2) is 0 Å². The van der Waals surface area contributed by atoms with Crippen LogP contribution >= 0.6 is 0 Å². The number of rotatable bonds is 4. The summed E-state index contributed by atoms with van der Waals surface area (Å²) >= 11 is 0. The van der Waals surface area contributed by atoms with E-state index in [4.69, 9.17) is 4.74 Å². The van der Waals surface area contributed by atoms with E-state index in [2.05, 4.69) is 5.32 Å². The average molecular weight is 428 g/mol. The number of nitrogens with zero attached hydrogens (tertiary/aromatic N) is 3. The molecule has 2 aliphatic rings. The topological polar surface area (TPSA) is 65.1 Å². The van der Waals surface area contributed by atoms with Gasteiger partial charge in [-0.1, -0.05) is 0 Å². The van der Waals surface area contributed by atoms with Crippen LogP contribution in [0.1, 0.15) is 19.4 Å². The number of benzene rings is 1. The molecule has 1 aromatic carbocycles. The van der Waals surface area contributed by atoms with Gasteiger partial charge in [-0.25, -0.2) is 0 Å². The molecular weight excluding hydrogens is 401 g/mol. The van der Waals surface area contributed by atoms with Crippen LogP contribution in [0.2, 0.25) is 0 Å². The maximum Gasteiger partial charge on any atom is 0.416 e. The predicted octanol–water partition coefficient (Wildman–Crippen LogP) is 2.03. The van der Waals surface area contributed by atoms with Gasteiger partial charge in [0.05, 0.1) is 36.2 Å². The molecule has 1 aromatic rings. The molecular formula is C20H27F3N4O3. The van der Waals surface area contributed by atoms with Crippen LogP contribution in [-0.2, 0) is 20.5 Å². The van der Waals surface area contributed by atoms with Crippen molar-refractivity contribution in [3.8, 4) is 0 Å². The summed E-state index contributed by atoms with van der Waals surface area (Å²) in [6, 6.07) is 2.89. The Morgan fingerprint density at radius 2 is 1.70 bits per heavy atom. The summed E-state index contributed by atoms with van der Waals surface area (Å²) in [6.07, 6.45) is -4.50. The summed E-state index contributed by atoms with van der Waals surface area (Å²) in [6.45, 7) is 7.38. The highest BCUT2D eigenvalue weighted by Crippen LogP contribution is 2.36. The monoisotopic (exact) mass is 428 g/mol. The average Bonchev–Trinajstić information content (AvgIpc) is 2.73. The fraction of sp³-hybridized carbons (Fsp3) is 0.600. The second-order valence-corrected chi connectivity index (χ2v) is 7.54. The Labute approximate surface area is 173 Å². The molecule has 2 aliphatic heterocycles. The first-order valence-corrected chi connectivity index (χ1v) is 10.0. The zero-order valence-corrected chi connectivity index (χ0v) is 17.2. The van der Waals surface area contributed by atoms with Crippen molar-refractivity contribution >= 4 is 23.2 Å². The number of carbonyl (C=O) groups is 2. The molecule has 166 valence electrons. The molecule has 10 heteroatoms. The standard InChI is InChI=1S/C20H27F3N4O3/c1-14(25-5-7-26(8-6-25)15(2)28)19(29)24-17-13-16(20(21,22)23)3-4-18(17)27-9-11-30-12-10-27/h3-4,13-14H,5-12H2,1-2H3,(H,24,29). The van der Waals surface area contributed by atoms with Crippen molar-refractivity contribution in [3.63, 3.8) is 0 Å². The van der Waals surface area contributed by atoms with Crippen LogP contribution in [0.5, 0.6) is 0 Å². The maximum absolute atomic E-state index is 13.2. The molecule has 0 spiro atoms. The van der Waals surface area contributed by atoms with Crippen LogP contribution in [0.3, 0.4) is 0 Å². The Morgan fingerprint density at radius 3 is 2.27 bits per heavy atom. The molecule has 0 radical (unpaired) electrons. The molecule has 1 N–H and O–H groups in total. The van der Waals surface area contributed by atoms with E-state index in [1.165, 1.54) is 13.0 Å². The van der Waals surface area contributed by atoms with E-state index in [1.54, 1.807) is 11.8 Å². The summed E-state index contributed by atoms with van der Waals surface area (Å²) in [7, 11) is 0. The number of morpholine rings is 1. The van der Waals surface area contributed by atoms with Gasteiger partial charge in [-0.05, 0) is 25.1 Å². The molecule has 0 aromatic heterocycles. The highest BCUT2D eigenvalue weighted by Gasteiger charge is 2.33. The Kier molecular flexibility index (Phi) is 6.87. The second kappa shape index (κ2) is 9.22. The van der Waals surface area contributed by atoms with Crippen LogP contribution in [0.15, 0.2) is 18.2 Å². The van der Waals surface area contributed by atoms with Gasteiger partial charge in [0, 0.05) is 46.2 Å². The van der Waals surface area contributed by atoms with Gasteiger partial charge in [0.1, 0.15) is 0 Å². The van der Waals surface area contributed by atoms with Crippen LogP contribution in [0, 0.1) is 0 Å². The summed E-state index contributed by atoms with van der Waals surface area (Å²) in [4.78, 5) is 29.9. The minimum atomic E-state index is -4.50. The molecule has 1 atom stereocenters. The highest BCUT2D eigenvalue weighted by molar-refractivity contribution is 5.97. The van der Waals surface area contributed by atoms with Crippen molar-refractivity contribution in [3.05, 3.63) is 23.8 Å². The van der Waals surface area contributed by atoms with E-state index >= 15 is 0 Å². The van der Waals surface area contributed by atoms with Gasteiger partial charge in [-0.2, -0.15) is 13.2 Å². The molecule has 2 amide bonds. The quantitative estimate of drug-likeness (QED) is 0.795. The first kappa shape index (κ1) is 22.4.